The Labute approximate surface area is 213 Å². The van der Waals surface area contributed by atoms with E-state index >= 15 is 0 Å². The number of anilines is 1. The monoisotopic (exact) mass is 488 g/mol. The first kappa shape index (κ1) is 24.7. The van der Waals surface area contributed by atoms with Crippen LogP contribution in [0.2, 0.25) is 0 Å². The van der Waals surface area contributed by atoms with Gasteiger partial charge in [-0.3, -0.25) is 4.99 Å². The molecule has 0 aromatic heterocycles. The number of nitrogens with zero attached hydrogens (tertiary/aromatic N) is 3. The van der Waals surface area contributed by atoms with Gasteiger partial charge in [0.05, 0.1) is 38.7 Å². The van der Waals surface area contributed by atoms with Crippen LogP contribution in [0, 0.1) is 0 Å². The van der Waals surface area contributed by atoms with Crippen molar-refractivity contribution in [2.75, 3.05) is 51.3 Å². The highest BCUT2D eigenvalue weighted by molar-refractivity contribution is 6.11. The van der Waals surface area contributed by atoms with Crippen LogP contribution in [0.25, 0.3) is 0 Å². The molecule has 3 heterocycles. The lowest BCUT2D eigenvalue weighted by atomic mass is 10.0. The van der Waals surface area contributed by atoms with E-state index in [9.17, 15) is 0 Å². The zero-order chi connectivity index (χ0) is 24.4. The van der Waals surface area contributed by atoms with Crippen molar-refractivity contribution >= 4 is 17.4 Å². The number of ether oxygens (including phenoxy) is 3. The van der Waals surface area contributed by atoms with Gasteiger partial charge in [0, 0.05) is 30.8 Å². The quantitative estimate of drug-likeness (QED) is 0.483. The van der Waals surface area contributed by atoms with Gasteiger partial charge in [0.15, 0.2) is 0 Å². The molecule has 5 rings (SSSR count). The number of hydrogen-bond donors (Lipinski definition) is 1. The smallest absolute Gasteiger partial charge is 0.222 e. The van der Waals surface area contributed by atoms with E-state index in [0.717, 1.165) is 53.2 Å². The third kappa shape index (κ3) is 7.03. The second-order valence-electron chi connectivity index (χ2n) is 9.41. The minimum atomic E-state index is 0.466. The molecule has 7 heteroatoms. The summed E-state index contributed by atoms with van der Waals surface area (Å²) < 4.78 is 18.0. The fourth-order valence-corrected chi connectivity index (χ4v) is 4.74. The van der Waals surface area contributed by atoms with Gasteiger partial charge in [0.2, 0.25) is 5.96 Å². The van der Waals surface area contributed by atoms with Gasteiger partial charge < -0.3 is 24.4 Å². The molecule has 0 aliphatic carbocycles. The highest BCUT2D eigenvalue weighted by atomic mass is 16.5. The molecule has 1 saturated heterocycles. The highest BCUT2D eigenvalue weighted by Crippen LogP contribution is 2.25. The predicted octanol–water partition coefficient (Wildman–Crippen LogP) is 4.82. The standard InChI is InChI=1S/C29H36N4O3/c1-2-14-33(13-1)15-6-18-36-28-10-9-26-20-25(28)22-35-17-4-3-16-34-21-23-7-5-8-24(19-23)27-11-12-30-29(31-26)32-27/h3-5,7-10,19-20H,1-2,6,11-18,21-22H2,(H,30,31). The van der Waals surface area contributed by atoms with E-state index in [0.29, 0.717) is 45.5 Å². The van der Waals surface area contributed by atoms with Crippen molar-refractivity contribution < 1.29 is 14.2 Å². The van der Waals surface area contributed by atoms with Crippen LogP contribution in [0.1, 0.15) is 42.4 Å². The number of nitrogens with one attached hydrogen (secondary N) is 1. The molecule has 3 aliphatic rings. The second kappa shape index (κ2) is 12.8. The van der Waals surface area contributed by atoms with Crippen LogP contribution in [0.15, 0.2) is 64.6 Å². The first-order valence-electron chi connectivity index (χ1n) is 13.1. The Balaban J connectivity index is 1.31. The van der Waals surface area contributed by atoms with Crippen LogP contribution >= 0.6 is 0 Å². The average Bonchev–Trinajstić information content (AvgIpc) is 3.43. The van der Waals surface area contributed by atoms with Gasteiger partial charge in [-0.1, -0.05) is 30.4 Å². The summed E-state index contributed by atoms with van der Waals surface area (Å²) in [6.45, 7) is 7.05. The van der Waals surface area contributed by atoms with Crippen molar-refractivity contribution in [1.82, 2.24) is 4.90 Å². The topological polar surface area (TPSA) is 67.7 Å². The van der Waals surface area contributed by atoms with E-state index in [1.165, 1.54) is 25.9 Å². The van der Waals surface area contributed by atoms with Crippen molar-refractivity contribution in [3.05, 3.63) is 71.3 Å². The molecule has 3 aliphatic heterocycles. The number of aliphatic imine (C=N–C) groups is 2. The lowest BCUT2D eigenvalue weighted by Gasteiger charge is -2.18. The molecule has 2 aromatic carbocycles. The first-order chi connectivity index (χ1) is 17.8. The Morgan fingerprint density at radius 2 is 1.83 bits per heavy atom. The molecule has 1 N–H and O–H groups in total. The van der Waals surface area contributed by atoms with Crippen LogP contribution in [0.5, 0.6) is 5.75 Å². The van der Waals surface area contributed by atoms with Crippen LogP contribution in [0.4, 0.5) is 5.69 Å². The Bertz CT molecular complexity index is 1110. The zero-order valence-corrected chi connectivity index (χ0v) is 21.0. The first-order valence-corrected chi connectivity index (χ1v) is 13.1. The summed E-state index contributed by atoms with van der Waals surface area (Å²) in [5.41, 5.74) is 5.24. The molecule has 36 heavy (non-hydrogen) atoms. The zero-order valence-electron chi connectivity index (χ0n) is 21.0. The maximum absolute atomic E-state index is 6.19. The maximum atomic E-state index is 6.19. The summed E-state index contributed by atoms with van der Waals surface area (Å²) in [5, 5.41) is 3.40. The number of hydrogen-bond acceptors (Lipinski definition) is 7. The molecular weight excluding hydrogens is 452 g/mol. The molecule has 0 atom stereocenters. The SMILES string of the molecule is C1=CCOCc2cc(ccc2OCCCN2CCCC2)NC2=NCCC(=N2)c2cccc(c2)COC1. The molecule has 0 saturated carbocycles. The third-order valence-electron chi connectivity index (χ3n) is 6.62. The van der Waals surface area contributed by atoms with Crippen molar-refractivity contribution in [1.29, 1.82) is 0 Å². The lowest BCUT2D eigenvalue weighted by Crippen LogP contribution is -2.22. The number of likely N-dealkylation sites (tertiary alicyclic amines) is 1. The molecule has 0 amide bonds. The van der Waals surface area contributed by atoms with Gasteiger partial charge in [0.25, 0.3) is 0 Å². The fourth-order valence-electron chi connectivity index (χ4n) is 4.74. The van der Waals surface area contributed by atoms with Crippen LogP contribution in [-0.4, -0.2) is 62.6 Å². The van der Waals surface area contributed by atoms with Crippen molar-refractivity contribution in [3.8, 4) is 5.75 Å². The van der Waals surface area contributed by atoms with Crippen molar-refractivity contribution in [2.45, 2.75) is 38.9 Å². The molecule has 7 nitrogen and oxygen atoms in total. The molecule has 0 radical (unpaired) electrons. The third-order valence-corrected chi connectivity index (χ3v) is 6.62. The van der Waals surface area contributed by atoms with E-state index in [1.807, 2.05) is 24.3 Å². The molecule has 0 unspecified atom stereocenters. The summed E-state index contributed by atoms with van der Waals surface area (Å²) in [7, 11) is 0. The van der Waals surface area contributed by atoms with Gasteiger partial charge in [-0.05, 0) is 67.7 Å². The largest absolute Gasteiger partial charge is 0.493 e. The van der Waals surface area contributed by atoms with E-state index in [4.69, 9.17) is 19.2 Å². The summed E-state index contributed by atoms with van der Waals surface area (Å²) in [6.07, 6.45) is 8.50. The number of benzene rings is 2. The highest BCUT2D eigenvalue weighted by Gasteiger charge is 2.14. The van der Waals surface area contributed by atoms with Crippen molar-refractivity contribution in [3.63, 3.8) is 0 Å². The van der Waals surface area contributed by atoms with Gasteiger partial charge in [-0.15, -0.1) is 0 Å². The van der Waals surface area contributed by atoms with Gasteiger partial charge in [0.1, 0.15) is 5.75 Å². The number of fused-ring (bicyclic) bond motifs is 6. The van der Waals surface area contributed by atoms with Gasteiger partial charge in [-0.25, -0.2) is 4.99 Å². The Hall–Kier alpha value is -3.00. The summed E-state index contributed by atoms with van der Waals surface area (Å²) >= 11 is 0. The van der Waals surface area contributed by atoms with Crippen LogP contribution in [0.3, 0.4) is 0 Å². The summed E-state index contributed by atoms with van der Waals surface area (Å²) in [5.74, 6) is 1.50. The summed E-state index contributed by atoms with van der Waals surface area (Å²) in [6, 6.07) is 14.5. The Kier molecular flexibility index (Phi) is 8.78. The van der Waals surface area contributed by atoms with Crippen LogP contribution < -0.4 is 10.1 Å². The normalized spacial score (nSPS) is 19.0. The van der Waals surface area contributed by atoms with Gasteiger partial charge >= 0.3 is 0 Å². The average molecular weight is 489 g/mol. The minimum absolute atomic E-state index is 0.466. The predicted molar refractivity (Wildman–Crippen MR) is 144 cm³/mol. The molecule has 6 bridgehead atoms. The van der Waals surface area contributed by atoms with Crippen LogP contribution in [-0.2, 0) is 22.7 Å². The fraction of sp³-hybridized carbons (Fsp3) is 0.448. The summed E-state index contributed by atoms with van der Waals surface area (Å²) in [4.78, 5) is 12.0. The van der Waals surface area contributed by atoms with E-state index < -0.39 is 0 Å². The maximum Gasteiger partial charge on any atom is 0.222 e. The van der Waals surface area contributed by atoms with Crippen molar-refractivity contribution in [2.24, 2.45) is 9.98 Å². The molecular formula is C29H36N4O3. The van der Waals surface area contributed by atoms with Gasteiger partial charge in [-0.2, -0.15) is 0 Å². The van der Waals surface area contributed by atoms with E-state index in [1.54, 1.807) is 0 Å². The number of rotatable bonds is 5. The molecule has 1 fully saturated rings. The lowest BCUT2D eigenvalue weighted by molar-refractivity contribution is 0.138. The Morgan fingerprint density at radius 1 is 0.972 bits per heavy atom. The molecule has 190 valence electrons. The number of guanidine groups is 1. The second-order valence-corrected chi connectivity index (χ2v) is 9.41. The molecule has 2 aromatic rings. The van der Waals surface area contributed by atoms with E-state index in [2.05, 4.69) is 45.5 Å². The minimum Gasteiger partial charge on any atom is -0.493 e. The van der Waals surface area contributed by atoms with E-state index in [-0.39, 0.29) is 0 Å². The Morgan fingerprint density at radius 3 is 2.72 bits per heavy atom. The molecule has 0 spiro atoms.